The molecule has 1 atom stereocenters. The minimum Gasteiger partial charge on any atom is -0.497 e. The molecule has 0 saturated heterocycles. The van der Waals surface area contributed by atoms with Gasteiger partial charge in [-0.1, -0.05) is 33.1 Å². The van der Waals surface area contributed by atoms with Crippen LogP contribution in [0.2, 0.25) is 0 Å². The zero-order valence-corrected chi connectivity index (χ0v) is 15.1. The van der Waals surface area contributed by atoms with Gasteiger partial charge in [-0.2, -0.15) is 5.26 Å². The molecule has 5 nitrogen and oxygen atoms in total. The molecule has 1 aromatic rings. The van der Waals surface area contributed by atoms with Gasteiger partial charge < -0.3 is 14.8 Å². The molecule has 5 heteroatoms. The van der Waals surface area contributed by atoms with Gasteiger partial charge in [-0.25, -0.2) is 0 Å². The van der Waals surface area contributed by atoms with E-state index in [-0.39, 0.29) is 5.91 Å². The van der Waals surface area contributed by atoms with E-state index in [1.165, 1.54) is 7.11 Å². The molecule has 0 aliphatic rings. The number of hydrogen-bond donors (Lipinski definition) is 1. The second kappa shape index (κ2) is 9.94. The van der Waals surface area contributed by atoms with E-state index >= 15 is 0 Å². The highest BCUT2D eigenvalue weighted by molar-refractivity contribution is 5.98. The molecule has 1 aromatic carbocycles. The first-order valence-electron chi connectivity index (χ1n) is 8.54. The Hall–Kier alpha value is -2.06. The maximum Gasteiger partial charge on any atom is 0.256 e. The summed E-state index contributed by atoms with van der Waals surface area (Å²) in [5.74, 6) is 0.367. The van der Waals surface area contributed by atoms with Crippen LogP contribution in [0, 0.1) is 11.3 Å². The predicted molar refractivity (Wildman–Crippen MR) is 95.1 cm³/mol. The van der Waals surface area contributed by atoms with E-state index in [1.54, 1.807) is 18.2 Å². The molecule has 0 unspecified atom stereocenters. The molecule has 1 rings (SSSR count). The van der Waals surface area contributed by atoms with E-state index in [9.17, 15) is 10.1 Å². The van der Waals surface area contributed by atoms with E-state index in [0.29, 0.717) is 30.0 Å². The molecule has 24 heavy (non-hydrogen) atoms. The van der Waals surface area contributed by atoms with Crippen molar-refractivity contribution < 1.29 is 14.3 Å². The molecular weight excluding hydrogens is 304 g/mol. The van der Waals surface area contributed by atoms with Crippen LogP contribution in [0.5, 0.6) is 5.75 Å². The predicted octanol–water partition coefficient (Wildman–Crippen LogP) is 4.27. The Morgan fingerprint density at radius 1 is 1.29 bits per heavy atom. The fraction of sp³-hybridized carbons (Fsp3) is 0.579. The number of unbranched alkanes of at least 4 members (excludes halogenated alkanes) is 2. The van der Waals surface area contributed by atoms with Crippen molar-refractivity contribution in [1.29, 1.82) is 5.26 Å². The van der Waals surface area contributed by atoms with Gasteiger partial charge >= 0.3 is 0 Å². The normalized spacial score (nSPS) is 13.0. The summed E-state index contributed by atoms with van der Waals surface area (Å²) in [6.45, 7) is 6.50. The molecule has 132 valence electrons. The summed E-state index contributed by atoms with van der Waals surface area (Å²) in [6.07, 6.45) is 4.58. The SMILES string of the molecule is CCCCC[C@](C)(OCCC)C(=O)Nc1ccc(OC)cc1C#N. The van der Waals surface area contributed by atoms with E-state index in [2.05, 4.69) is 18.3 Å². The first-order chi connectivity index (χ1) is 11.5. The number of rotatable bonds is 10. The lowest BCUT2D eigenvalue weighted by Gasteiger charge is -2.29. The van der Waals surface area contributed by atoms with E-state index < -0.39 is 5.60 Å². The molecule has 0 aromatic heterocycles. The number of hydrogen-bond acceptors (Lipinski definition) is 4. The third kappa shape index (κ3) is 5.54. The van der Waals surface area contributed by atoms with Crippen LogP contribution < -0.4 is 10.1 Å². The van der Waals surface area contributed by atoms with Gasteiger partial charge in [0.2, 0.25) is 0 Å². The van der Waals surface area contributed by atoms with Crippen molar-refractivity contribution in [3.8, 4) is 11.8 Å². The van der Waals surface area contributed by atoms with Gasteiger partial charge in [0.1, 0.15) is 17.4 Å². The highest BCUT2D eigenvalue weighted by atomic mass is 16.5. The van der Waals surface area contributed by atoms with Gasteiger partial charge in [0, 0.05) is 6.61 Å². The first kappa shape index (κ1) is 20.0. The van der Waals surface area contributed by atoms with E-state index in [1.807, 2.05) is 13.8 Å². The second-order valence-electron chi connectivity index (χ2n) is 6.01. The van der Waals surface area contributed by atoms with E-state index in [0.717, 1.165) is 25.7 Å². The summed E-state index contributed by atoms with van der Waals surface area (Å²) in [7, 11) is 1.54. The molecule has 0 radical (unpaired) electrons. The van der Waals surface area contributed by atoms with Gasteiger partial charge in [-0.3, -0.25) is 4.79 Å². The highest BCUT2D eigenvalue weighted by Gasteiger charge is 2.34. The minimum absolute atomic E-state index is 0.214. The van der Waals surface area contributed by atoms with Crippen molar-refractivity contribution in [3.05, 3.63) is 23.8 Å². The zero-order valence-electron chi connectivity index (χ0n) is 15.1. The van der Waals surface area contributed by atoms with Crippen molar-refractivity contribution >= 4 is 11.6 Å². The molecule has 1 N–H and O–H groups in total. The number of carbonyl (C=O) groups excluding carboxylic acids is 1. The standard InChI is InChI=1S/C19H28N2O3/c1-5-7-8-11-19(3,24-12-6-2)18(22)21-17-10-9-16(23-4)13-15(17)14-20/h9-10,13H,5-8,11-12H2,1-4H3,(H,21,22)/t19-/m0/s1. The Balaban J connectivity index is 2.93. The average Bonchev–Trinajstić information content (AvgIpc) is 2.60. The monoisotopic (exact) mass is 332 g/mol. The van der Waals surface area contributed by atoms with Crippen LogP contribution >= 0.6 is 0 Å². The average molecular weight is 332 g/mol. The molecular formula is C19H28N2O3. The largest absolute Gasteiger partial charge is 0.497 e. The number of methoxy groups -OCH3 is 1. The van der Waals surface area contributed by atoms with Crippen LogP contribution in [0.25, 0.3) is 0 Å². The van der Waals surface area contributed by atoms with Gasteiger partial charge in [0.15, 0.2) is 0 Å². The molecule has 1 amide bonds. The van der Waals surface area contributed by atoms with Crippen LogP contribution in [-0.4, -0.2) is 25.2 Å². The number of nitriles is 1. The van der Waals surface area contributed by atoms with Crippen molar-refractivity contribution in [2.24, 2.45) is 0 Å². The van der Waals surface area contributed by atoms with Gasteiger partial charge in [0.25, 0.3) is 5.91 Å². The van der Waals surface area contributed by atoms with Gasteiger partial charge in [-0.05, 0) is 38.0 Å². The summed E-state index contributed by atoms with van der Waals surface area (Å²) in [6, 6.07) is 7.10. The Morgan fingerprint density at radius 2 is 2.04 bits per heavy atom. The number of ether oxygens (including phenoxy) is 2. The highest BCUT2D eigenvalue weighted by Crippen LogP contribution is 2.26. The lowest BCUT2D eigenvalue weighted by Crippen LogP contribution is -2.43. The zero-order chi connectivity index (χ0) is 18.0. The Labute approximate surface area is 145 Å². The molecule has 0 bridgehead atoms. The summed E-state index contributed by atoms with van der Waals surface area (Å²) < 4.78 is 11.0. The number of nitrogens with one attached hydrogen (secondary N) is 1. The third-order valence-electron chi connectivity index (χ3n) is 3.96. The maximum absolute atomic E-state index is 12.8. The Kier molecular flexibility index (Phi) is 8.28. The van der Waals surface area contributed by atoms with Crippen LogP contribution in [0.1, 0.15) is 58.4 Å². The number of anilines is 1. The fourth-order valence-electron chi connectivity index (χ4n) is 2.40. The van der Waals surface area contributed by atoms with Gasteiger partial charge in [0.05, 0.1) is 18.4 Å². The lowest BCUT2D eigenvalue weighted by atomic mass is 9.96. The molecule has 0 heterocycles. The van der Waals surface area contributed by atoms with E-state index in [4.69, 9.17) is 9.47 Å². The summed E-state index contributed by atoms with van der Waals surface area (Å²) in [4.78, 5) is 12.8. The van der Waals surface area contributed by atoms with Crippen molar-refractivity contribution in [3.63, 3.8) is 0 Å². The smallest absolute Gasteiger partial charge is 0.256 e. The van der Waals surface area contributed by atoms with Gasteiger partial charge in [-0.15, -0.1) is 0 Å². The quantitative estimate of drug-likeness (QED) is 0.649. The van der Waals surface area contributed by atoms with Crippen LogP contribution in [0.4, 0.5) is 5.69 Å². The summed E-state index contributed by atoms with van der Waals surface area (Å²) in [5.41, 5.74) is -0.0445. The number of carbonyl (C=O) groups is 1. The van der Waals surface area contributed by atoms with Crippen LogP contribution in [-0.2, 0) is 9.53 Å². The van der Waals surface area contributed by atoms with Crippen molar-refractivity contribution in [2.45, 2.75) is 58.5 Å². The molecule has 0 saturated carbocycles. The molecule has 0 aliphatic carbocycles. The Bertz CT molecular complexity index is 580. The summed E-state index contributed by atoms with van der Waals surface area (Å²) in [5, 5.41) is 12.1. The molecule has 0 spiro atoms. The van der Waals surface area contributed by atoms with Crippen LogP contribution in [0.15, 0.2) is 18.2 Å². The second-order valence-corrected chi connectivity index (χ2v) is 6.01. The number of amides is 1. The van der Waals surface area contributed by atoms with Crippen LogP contribution in [0.3, 0.4) is 0 Å². The van der Waals surface area contributed by atoms with Crippen molar-refractivity contribution in [2.75, 3.05) is 19.0 Å². The molecule has 0 aliphatic heterocycles. The topological polar surface area (TPSA) is 71.3 Å². The molecule has 0 fully saturated rings. The minimum atomic E-state index is -0.891. The fourth-order valence-corrected chi connectivity index (χ4v) is 2.40. The first-order valence-corrected chi connectivity index (χ1v) is 8.54. The number of nitrogens with zero attached hydrogens (tertiary/aromatic N) is 1. The lowest BCUT2D eigenvalue weighted by molar-refractivity contribution is -0.140. The number of benzene rings is 1. The third-order valence-corrected chi connectivity index (χ3v) is 3.96. The summed E-state index contributed by atoms with van der Waals surface area (Å²) >= 11 is 0. The Morgan fingerprint density at radius 3 is 2.62 bits per heavy atom. The van der Waals surface area contributed by atoms with Crippen molar-refractivity contribution in [1.82, 2.24) is 0 Å². The maximum atomic E-state index is 12.8.